The fourth-order valence-electron chi connectivity index (χ4n) is 3.65. The third-order valence-corrected chi connectivity index (χ3v) is 7.57. The van der Waals surface area contributed by atoms with E-state index in [0.29, 0.717) is 16.5 Å². The lowest BCUT2D eigenvalue weighted by Gasteiger charge is -2.15. The van der Waals surface area contributed by atoms with Crippen LogP contribution in [0.25, 0.3) is 5.65 Å². The van der Waals surface area contributed by atoms with Gasteiger partial charge in [-0.25, -0.2) is 17.9 Å². The van der Waals surface area contributed by atoms with E-state index in [4.69, 9.17) is 11.6 Å². The number of allylic oxidation sites excluding steroid dienone is 2. The molecule has 1 aliphatic rings. The number of anilines is 1. The number of hydrogen-bond donors (Lipinski definition) is 1. The van der Waals surface area contributed by atoms with Crippen LogP contribution in [0.4, 0.5) is 5.82 Å². The van der Waals surface area contributed by atoms with Crippen LogP contribution in [0.1, 0.15) is 71.1 Å². The van der Waals surface area contributed by atoms with Crippen LogP contribution < -0.4 is 5.32 Å². The van der Waals surface area contributed by atoms with Gasteiger partial charge in [-0.1, -0.05) is 62.9 Å². The third-order valence-electron chi connectivity index (χ3n) is 5.55. The zero-order chi connectivity index (χ0) is 25.1. The van der Waals surface area contributed by atoms with Gasteiger partial charge in [-0.2, -0.15) is 0 Å². The van der Waals surface area contributed by atoms with Gasteiger partial charge in [-0.15, -0.1) is 5.10 Å². The van der Waals surface area contributed by atoms with E-state index < -0.39 is 9.84 Å². The third kappa shape index (κ3) is 6.60. The van der Waals surface area contributed by atoms with Gasteiger partial charge in [0.25, 0.3) is 0 Å². The van der Waals surface area contributed by atoms with Crippen molar-refractivity contribution in [1.29, 1.82) is 0 Å². The number of aromatic nitrogens is 3. The van der Waals surface area contributed by atoms with Crippen LogP contribution in [0.2, 0.25) is 5.02 Å². The molecule has 0 radical (unpaired) electrons. The lowest BCUT2D eigenvalue weighted by molar-refractivity contribution is 0.597. The highest BCUT2D eigenvalue weighted by Gasteiger charge is 2.30. The molecule has 2 heterocycles. The minimum atomic E-state index is -3.81. The number of halogens is 1. The van der Waals surface area contributed by atoms with Gasteiger partial charge < -0.3 is 5.32 Å². The maximum absolute atomic E-state index is 13.2. The number of aryl methyl sites for hydroxylation is 2. The Kier molecular flexibility index (Phi) is 11.1. The first kappa shape index (κ1) is 27.9. The number of nitrogens with one attached hydrogen (secondary N) is 1. The second-order valence-corrected chi connectivity index (χ2v) is 10.4. The molecule has 8 heteroatoms. The van der Waals surface area contributed by atoms with Gasteiger partial charge in [0.15, 0.2) is 16.4 Å². The molecule has 0 fully saturated rings. The van der Waals surface area contributed by atoms with Crippen LogP contribution in [0.15, 0.2) is 52.4 Å². The number of hydrogen-bond acceptors (Lipinski definition) is 5. The summed E-state index contributed by atoms with van der Waals surface area (Å²) < 4.78 is 28.1. The monoisotopic (exact) mass is 504 g/mol. The van der Waals surface area contributed by atoms with E-state index in [9.17, 15) is 8.42 Å². The van der Waals surface area contributed by atoms with Gasteiger partial charge in [0.2, 0.25) is 9.84 Å². The van der Waals surface area contributed by atoms with Crippen LogP contribution in [-0.4, -0.2) is 30.1 Å². The van der Waals surface area contributed by atoms with Crippen molar-refractivity contribution in [1.82, 2.24) is 14.6 Å². The van der Waals surface area contributed by atoms with Crippen molar-refractivity contribution in [3.63, 3.8) is 0 Å². The minimum absolute atomic E-state index is 0.0886. The Balaban J connectivity index is 0.000000391. The number of rotatable bonds is 5. The van der Waals surface area contributed by atoms with Gasteiger partial charge in [-0.3, -0.25) is 0 Å². The van der Waals surface area contributed by atoms with Crippen LogP contribution in [0, 0.1) is 0 Å². The first-order valence-electron chi connectivity index (χ1n) is 12.0. The van der Waals surface area contributed by atoms with Crippen molar-refractivity contribution in [2.75, 3.05) is 12.4 Å². The van der Waals surface area contributed by atoms with E-state index in [0.717, 1.165) is 36.9 Å². The summed E-state index contributed by atoms with van der Waals surface area (Å²) in [6.07, 6.45) is 13.9. The number of benzene rings is 1. The zero-order valence-electron chi connectivity index (χ0n) is 20.9. The Morgan fingerprint density at radius 3 is 2.35 bits per heavy atom. The van der Waals surface area contributed by atoms with E-state index in [1.165, 1.54) is 31.4 Å². The first-order chi connectivity index (χ1) is 16.3. The molecule has 186 valence electrons. The van der Waals surface area contributed by atoms with Crippen molar-refractivity contribution in [3.05, 3.63) is 58.9 Å². The molecular formula is C26H37ClN4O2S. The molecule has 2 aromatic heterocycles. The smallest absolute Gasteiger partial charge is 0.214 e. The van der Waals surface area contributed by atoms with E-state index in [1.807, 2.05) is 26.0 Å². The normalized spacial score (nSPS) is 13.0. The molecule has 1 aromatic carbocycles. The molecule has 0 bridgehead atoms. The molecule has 0 unspecified atom stereocenters. The summed E-state index contributed by atoms with van der Waals surface area (Å²) in [6, 6.07) is 6.24. The summed E-state index contributed by atoms with van der Waals surface area (Å²) in [6.45, 7) is 8.42. The van der Waals surface area contributed by atoms with E-state index in [1.54, 1.807) is 29.9 Å². The van der Waals surface area contributed by atoms with E-state index in [-0.39, 0.29) is 9.79 Å². The number of nitrogens with zero attached hydrogens (tertiary/aromatic N) is 3. The average Bonchev–Trinajstić information content (AvgIpc) is 3.25. The lowest BCUT2D eigenvalue weighted by atomic mass is 9.97. The summed E-state index contributed by atoms with van der Waals surface area (Å²) in [5, 5.41) is 7.76. The summed E-state index contributed by atoms with van der Waals surface area (Å²) in [4.78, 5) is 4.64. The van der Waals surface area contributed by atoms with Crippen LogP contribution >= 0.6 is 11.6 Å². The van der Waals surface area contributed by atoms with Crippen molar-refractivity contribution >= 4 is 32.9 Å². The Hall–Kier alpha value is -2.38. The Labute approximate surface area is 209 Å². The molecule has 1 aliphatic carbocycles. The van der Waals surface area contributed by atoms with Gasteiger partial charge in [0.1, 0.15) is 0 Å². The largest absolute Gasteiger partial charge is 0.370 e. The minimum Gasteiger partial charge on any atom is -0.370 e. The number of unbranched alkanes of at least 4 members (excludes halogenated alkanes) is 2. The topological polar surface area (TPSA) is 76.4 Å². The van der Waals surface area contributed by atoms with Gasteiger partial charge in [0.05, 0.1) is 4.90 Å². The highest BCUT2D eigenvalue weighted by atomic mass is 35.5. The Morgan fingerprint density at radius 1 is 1.12 bits per heavy atom. The number of sulfone groups is 1. The van der Waals surface area contributed by atoms with E-state index >= 15 is 0 Å². The summed E-state index contributed by atoms with van der Waals surface area (Å²) in [5.41, 5.74) is 2.53. The molecular weight excluding hydrogens is 468 g/mol. The fraction of sp³-hybridized carbons (Fsp3) is 0.462. The summed E-state index contributed by atoms with van der Waals surface area (Å²) >= 11 is 5.98. The van der Waals surface area contributed by atoms with Crippen molar-refractivity contribution in [3.8, 4) is 0 Å². The average molecular weight is 505 g/mol. The molecule has 1 N–H and O–H groups in total. The quantitative estimate of drug-likeness (QED) is 0.382. The highest BCUT2D eigenvalue weighted by molar-refractivity contribution is 7.91. The zero-order valence-corrected chi connectivity index (χ0v) is 22.5. The van der Waals surface area contributed by atoms with Gasteiger partial charge in [-0.05, 0) is 63.3 Å². The van der Waals surface area contributed by atoms with E-state index in [2.05, 4.69) is 29.2 Å². The second kappa shape index (κ2) is 13.5. The first-order valence-corrected chi connectivity index (χ1v) is 13.9. The van der Waals surface area contributed by atoms with Crippen LogP contribution in [0.3, 0.4) is 0 Å². The van der Waals surface area contributed by atoms with Crippen molar-refractivity contribution in [2.24, 2.45) is 0 Å². The van der Waals surface area contributed by atoms with Crippen LogP contribution in [-0.2, 0) is 22.7 Å². The summed E-state index contributed by atoms with van der Waals surface area (Å²) in [5.74, 6) is 0.298. The molecule has 3 aromatic rings. The standard InChI is InChI=1S/C17H17ClN4O2S.C5H12.C4H8/c1-19-16-15(25(23,24)13-7-4-6-12(18)9-13)17-20-10-11-5-2-3-8-14(11)22(17)21-16;1-3-5-4-2;1-3-4-2/h4,6-7,9-10H,2-3,5,8H2,1H3,(H,19,21);3-5H2,1-2H3;3-4H,1-2H3/b;;4-3-. The maximum Gasteiger partial charge on any atom is 0.214 e. The Bertz CT molecular complexity index is 1200. The highest BCUT2D eigenvalue weighted by Crippen LogP contribution is 2.33. The fourth-order valence-corrected chi connectivity index (χ4v) is 5.45. The lowest BCUT2D eigenvalue weighted by Crippen LogP contribution is -2.11. The molecule has 0 amide bonds. The second-order valence-electron chi connectivity index (χ2n) is 8.08. The van der Waals surface area contributed by atoms with Gasteiger partial charge in [0, 0.05) is 24.0 Å². The van der Waals surface area contributed by atoms with Crippen LogP contribution in [0.5, 0.6) is 0 Å². The molecule has 0 spiro atoms. The molecule has 0 aliphatic heterocycles. The SMILES string of the molecule is C/C=C\C.CCCCC.CNc1nn2c3c(cnc2c1S(=O)(=O)c1cccc(Cl)c1)CCCC3. The molecule has 34 heavy (non-hydrogen) atoms. The number of fused-ring (bicyclic) bond motifs is 3. The molecule has 6 nitrogen and oxygen atoms in total. The molecule has 0 saturated heterocycles. The van der Waals surface area contributed by atoms with Crippen molar-refractivity contribution < 1.29 is 8.42 Å². The summed E-state index contributed by atoms with van der Waals surface area (Å²) in [7, 11) is -2.15. The predicted octanol–water partition coefficient (Wildman–Crippen LogP) is 6.91. The molecule has 4 rings (SSSR count). The predicted molar refractivity (Wildman–Crippen MR) is 142 cm³/mol. The van der Waals surface area contributed by atoms with Crippen molar-refractivity contribution in [2.45, 2.75) is 82.4 Å². The molecule has 0 saturated carbocycles. The molecule has 0 atom stereocenters. The van der Waals surface area contributed by atoms with Gasteiger partial charge >= 0.3 is 0 Å². The maximum atomic E-state index is 13.2. The Morgan fingerprint density at radius 2 is 1.79 bits per heavy atom.